The Morgan fingerprint density at radius 1 is 1.41 bits per heavy atom. The van der Waals surface area contributed by atoms with Gasteiger partial charge in [0.1, 0.15) is 0 Å². The zero-order valence-corrected chi connectivity index (χ0v) is 9.72. The lowest BCUT2D eigenvalue weighted by atomic mass is 9.88. The van der Waals surface area contributed by atoms with Gasteiger partial charge >= 0.3 is 0 Å². The first kappa shape index (κ1) is 10.4. The number of aromatic nitrogens is 4. The normalized spacial score (nSPS) is 18.9. The molecule has 1 aromatic carbocycles. The van der Waals surface area contributed by atoms with Crippen molar-refractivity contribution in [1.82, 2.24) is 20.6 Å². The summed E-state index contributed by atoms with van der Waals surface area (Å²) < 4.78 is 0. The highest BCUT2D eigenvalue weighted by molar-refractivity contribution is 5.56. The summed E-state index contributed by atoms with van der Waals surface area (Å²) in [5.41, 5.74) is 8.53. The molecule has 1 unspecified atom stereocenters. The van der Waals surface area contributed by atoms with Crippen LogP contribution in [-0.2, 0) is 5.41 Å². The van der Waals surface area contributed by atoms with Crippen molar-refractivity contribution >= 4 is 0 Å². The van der Waals surface area contributed by atoms with Crippen molar-refractivity contribution in [2.75, 3.05) is 0 Å². The average Bonchev–Trinajstić information content (AvgIpc) is 2.98. The minimum absolute atomic E-state index is 0.166. The maximum Gasteiger partial charge on any atom is 0.204 e. The first-order valence-electron chi connectivity index (χ1n) is 5.82. The summed E-state index contributed by atoms with van der Waals surface area (Å²) in [5, 5.41) is 14.0. The molecule has 88 valence electrons. The standard InChI is InChI=1S/C12H15N5/c1-8(13)12(5-6-12)10-4-2-3-9(7-10)11-14-16-17-15-11/h2-4,7-8H,5-6,13H2,1H3,(H,14,15,16,17). The fourth-order valence-electron chi connectivity index (χ4n) is 2.39. The first-order valence-corrected chi connectivity index (χ1v) is 5.82. The van der Waals surface area contributed by atoms with Crippen LogP contribution in [0.5, 0.6) is 0 Å². The van der Waals surface area contributed by atoms with Gasteiger partial charge in [0.05, 0.1) is 0 Å². The highest BCUT2D eigenvalue weighted by Crippen LogP contribution is 2.50. The molecule has 17 heavy (non-hydrogen) atoms. The first-order chi connectivity index (χ1) is 8.22. The molecule has 3 rings (SSSR count). The van der Waals surface area contributed by atoms with E-state index in [4.69, 9.17) is 5.73 Å². The molecule has 2 aromatic rings. The van der Waals surface area contributed by atoms with Crippen LogP contribution in [0.25, 0.3) is 11.4 Å². The van der Waals surface area contributed by atoms with E-state index >= 15 is 0 Å². The lowest BCUT2D eigenvalue weighted by Crippen LogP contribution is -2.31. The molecule has 0 saturated heterocycles. The number of tetrazole rings is 1. The Morgan fingerprint density at radius 2 is 2.24 bits per heavy atom. The number of nitrogens with zero attached hydrogens (tertiary/aromatic N) is 3. The Hall–Kier alpha value is -1.75. The molecule has 1 saturated carbocycles. The number of nitrogens with two attached hydrogens (primary N) is 1. The Balaban J connectivity index is 2.01. The van der Waals surface area contributed by atoms with E-state index in [1.165, 1.54) is 18.4 Å². The molecule has 0 spiro atoms. The van der Waals surface area contributed by atoms with E-state index < -0.39 is 0 Å². The number of rotatable bonds is 3. The molecular formula is C12H15N5. The maximum atomic E-state index is 6.08. The van der Waals surface area contributed by atoms with Crippen molar-refractivity contribution in [2.45, 2.75) is 31.2 Å². The SMILES string of the molecule is CC(N)C1(c2cccc(-c3nn[nH]n3)c2)CC1. The molecule has 1 aromatic heterocycles. The van der Waals surface area contributed by atoms with Crippen LogP contribution >= 0.6 is 0 Å². The quantitative estimate of drug-likeness (QED) is 0.830. The molecule has 0 amide bonds. The summed E-state index contributed by atoms with van der Waals surface area (Å²) in [6, 6.07) is 8.47. The second-order valence-electron chi connectivity index (χ2n) is 4.76. The molecule has 1 aliphatic carbocycles. The maximum absolute atomic E-state index is 6.08. The number of hydrogen-bond acceptors (Lipinski definition) is 4. The number of H-pyrrole nitrogens is 1. The van der Waals surface area contributed by atoms with Gasteiger partial charge in [-0.05, 0) is 36.6 Å². The molecule has 5 nitrogen and oxygen atoms in total. The predicted molar refractivity (Wildman–Crippen MR) is 64.2 cm³/mol. The number of benzene rings is 1. The van der Waals surface area contributed by atoms with Crippen LogP contribution in [0, 0.1) is 0 Å². The minimum Gasteiger partial charge on any atom is -0.327 e. The second kappa shape index (κ2) is 3.63. The second-order valence-corrected chi connectivity index (χ2v) is 4.76. The topological polar surface area (TPSA) is 80.5 Å². The van der Waals surface area contributed by atoms with Gasteiger partial charge in [0.25, 0.3) is 0 Å². The fraction of sp³-hybridized carbons (Fsp3) is 0.417. The lowest BCUT2D eigenvalue weighted by Gasteiger charge is -2.20. The van der Waals surface area contributed by atoms with E-state index in [2.05, 4.69) is 39.7 Å². The van der Waals surface area contributed by atoms with Gasteiger partial charge in [-0.1, -0.05) is 18.2 Å². The molecule has 5 heteroatoms. The number of aromatic amines is 1. The van der Waals surface area contributed by atoms with Gasteiger partial charge in [0.15, 0.2) is 0 Å². The van der Waals surface area contributed by atoms with E-state index in [0.29, 0.717) is 5.82 Å². The van der Waals surface area contributed by atoms with E-state index in [-0.39, 0.29) is 11.5 Å². The van der Waals surface area contributed by atoms with E-state index in [1.807, 2.05) is 12.1 Å². The summed E-state index contributed by atoms with van der Waals surface area (Å²) in [7, 11) is 0. The molecule has 0 aliphatic heterocycles. The van der Waals surface area contributed by atoms with Crippen molar-refractivity contribution in [3.8, 4) is 11.4 Å². The van der Waals surface area contributed by atoms with Crippen molar-refractivity contribution < 1.29 is 0 Å². The number of nitrogens with one attached hydrogen (secondary N) is 1. The molecule has 1 heterocycles. The Bertz CT molecular complexity index is 513. The third-order valence-electron chi connectivity index (χ3n) is 3.70. The highest BCUT2D eigenvalue weighted by Gasteiger charge is 2.47. The summed E-state index contributed by atoms with van der Waals surface area (Å²) in [4.78, 5) is 0. The van der Waals surface area contributed by atoms with Crippen LogP contribution in [0.4, 0.5) is 0 Å². The molecule has 0 radical (unpaired) electrons. The van der Waals surface area contributed by atoms with E-state index in [9.17, 15) is 0 Å². The van der Waals surface area contributed by atoms with Gasteiger partial charge < -0.3 is 5.73 Å². The van der Waals surface area contributed by atoms with Crippen LogP contribution < -0.4 is 5.73 Å². The van der Waals surface area contributed by atoms with Gasteiger partial charge in [-0.3, -0.25) is 0 Å². The Labute approximate surface area is 99.4 Å². The summed E-state index contributed by atoms with van der Waals surface area (Å²) in [5.74, 6) is 0.632. The average molecular weight is 229 g/mol. The van der Waals surface area contributed by atoms with Crippen LogP contribution in [0.3, 0.4) is 0 Å². The molecule has 0 bridgehead atoms. The van der Waals surface area contributed by atoms with Gasteiger partial charge in [0.2, 0.25) is 5.82 Å². The van der Waals surface area contributed by atoms with Crippen molar-refractivity contribution in [2.24, 2.45) is 5.73 Å². The van der Waals surface area contributed by atoms with Crippen molar-refractivity contribution in [3.63, 3.8) is 0 Å². The summed E-state index contributed by atoms with van der Waals surface area (Å²) >= 11 is 0. The largest absolute Gasteiger partial charge is 0.327 e. The zero-order valence-electron chi connectivity index (χ0n) is 9.72. The predicted octanol–water partition coefficient (Wildman–Crippen LogP) is 1.25. The third kappa shape index (κ3) is 1.63. The summed E-state index contributed by atoms with van der Waals surface area (Å²) in [6.45, 7) is 2.08. The van der Waals surface area contributed by atoms with Gasteiger partial charge in [0, 0.05) is 17.0 Å². The lowest BCUT2D eigenvalue weighted by molar-refractivity contribution is 0.557. The van der Waals surface area contributed by atoms with E-state index in [1.54, 1.807) is 0 Å². The monoisotopic (exact) mass is 229 g/mol. The van der Waals surface area contributed by atoms with Gasteiger partial charge in [-0.15, -0.1) is 10.2 Å². The van der Waals surface area contributed by atoms with Gasteiger partial charge in [-0.25, -0.2) is 0 Å². The van der Waals surface area contributed by atoms with Crippen LogP contribution in [0.2, 0.25) is 0 Å². The van der Waals surface area contributed by atoms with E-state index in [0.717, 1.165) is 5.56 Å². The van der Waals surface area contributed by atoms with Crippen LogP contribution in [0.15, 0.2) is 24.3 Å². The molecule has 1 atom stereocenters. The molecule has 1 aliphatic rings. The third-order valence-corrected chi connectivity index (χ3v) is 3.70. The number of hydrogen-bond donors (Lipinski definition) is 2. The molecular weight excluding hydrogens is 214 g/mol. The van der Waals surface area contributed by atoms with Crippen LogP contribution in [-0.4, -0.2) is 26.7 Å². The van der Waals surface area contributed by atoms with Crippen LogP contribution in [0.1, 0.15) is 25.3 Å². The zero-order chi connectivity index (χ0) is 11.9. The fourth-order valence-corrected chi connectivity index (χ4v) is 2.39. The summed E-state index contributed by atoms with van der Waals surface area (Å²) in [6.07, 6.45) is 2.33. The van der Waals surface area contributed by atoms with Crippen molar-refractivity contribution in [3.05, 3.63) is 29.8 Å². The Morgan fingerprint density at radius 3 is 2.82 bits per heavy atom. The molecule has 1 fully saturated rings. The highest BCUT2D eigenvalue weighted by atomic mass is 15.5. The molecule has 3 N–H and O–H groups in total. The smallest absolute Gasteiger partial charge is 0.204 e. The van der Waals surface area contributed by atoms with Gasteiger partial charge in [-0.2, -0.15) is 5.21 Å². The Kier molecular flexibility index (Phi) is 2.22. The van der Waals surface area contributed by atoms with Crippen molar-refractivity contribution in [1.29, 1.82) is 0 Å². The minimum atomic E-state index is 0.166.